The van der Waals surface area contributed by atoms with Crippen molar-refractivity contribution in [2.24, 2.45) is 0 Å². The number of aromatic nitrogens is 1. The van der Waals surface area contributed by atoms with Crippen LogP contribution in [0.2, 0.25) is 0 Å². The van der Waals surface area contributed by atoms with Crippen molar-refractivity contribution >= 4 is 43.0 Å². The van der Waals surface area contributed by atoms with Crippen molar-refractivity contribution in [3.63, 3.8) is 0 Å². The zero-order valence-electron chi connectivity index (χ0n) is 6.60. The van der Waals surface area contributed by atoms with Gasteiger partial charge in [-0.15, -0.1) is 0 Å². The van der Waals surface area contributed by atoms with E-state index in [1.807, 2.05) is 0 Å². The average molecular weight is 327 g/mol. The van der Waals surface area contributed by atoms with E-state index >= 15 is 0 Å². The molecule has 0 bridgehead atoms. The van der Waals surface area contributed by atoms with Gasteiger partial charge in [-0.1, -0.05) is 6.07 Å². The van der Waals surface area contributed by atoms with E-state index in [2.05, 4.69) is 36.8 Å². The summed E-state index contributed by atoms with van der Waals surface area (Å²) in [6.45, 7) is 0. The fourth-order valence-corrected chi connectivity index (χ4v) is 1.64. The Balaban J connectivity index is 2.69. The van der Waals surface area contributed by atoms with Crippen molar-refractivity contribution in [3.05, 3.63) is 28.6 Å². The van der Waals surface area contributed by atoms with Gasteiger partial charge in [-0.3, -0.25) is 0 Å². The van der Waals surface area contributed by atoms with Crippen LogP contribution in [0.1, 0.15) is 5.89 Å². The molecule has 2 rings (SSSR count). The molecule has 14 heavy (non-hydrogen) atoms. The maximum absolute atomic E-state index is 12.8. The number of rotatable bonds is 1. The lowest BCUT2D eigenvalue weighted by molar-refractivity contribution is 0.0824. The summed E-state index contributed by atoms with van der Waals surface area (Å²) in [5.41, 5.74) is 0.718. The topological polar surface area (TPSA) is 26.0 Å². The molecule has 0 fully saturated rings. The predicted molar refractivity (Wildman–Crippen MR) is 54.5 cm³/mol. The maximum Gasteiger partial charge on any atom is 0.375 e. The van der Waals surface area contributed by atoms with Gasteiger partial charge < -0.3 is 4.42 Å². The van der Waals surface area contributed by atoms with Gasteiger partial charge in [0, 0.05) is 20.4 Å². The number of halogens is 4. The lowest BCUT2D eigenvalue weighted by atomic mass is 10.3. The van der Waals surface area contributed by atoms with E-state index in [0.29, 0.717) is 15.6 Å². The third-order valence-corrected chi connectivity index (χ3v) is 2.59. The number of benzene rings is 1. The molecule has 0 unspecified atom stereocenters. The number of nitrogens with zero attached hydrogens (tertiary/aromatic N) is 1. The van der Waals surface area contributed by atoms with Crippen molar-refractivity contribution < 1.29 is 13.2 Å². The summed E-state index contributed by atoms with van der Waals surface area (Å²) in [7, 11) is 0. The van der Waals surface area contributed by atoms with Crippen LogP contribution in [0.3, 0.4) is 0 Å². The SMILES string of the molecule is FC(F)(Br)c1nc2c(Br)cccc2o1. The second kappa shape index (κ2) is 3.27. The summed E-state index contributed by atoms with van der Waals surface area (Å²) in [5.74, 6) is -0.639. The van der Waals surface area contributed by atoms with Crippen molar-refractivity contribution in [3.8, 4) is 0 Å². The minimum atomic E-state index is -3.23. The number of oxazole rings is 1. The molecule has 0 aliphatic carbocycles. The smallest absolute Gasteiger partial charge is 0.375 e. The normalized spacial score (nSPS) is 12.3. The zero-order valence-corrected chi connectivity index (χ0v) is 9.77. The highest BCUT2D eigenvalue weighted by molar-refractivity contribution is 9.10. The summed E-state index contributed by atoms with van der Waals surface area (Å²) >= 11 is 5.38. The van der Waals surface area contributed by atoms with Crippen molar-refractivity contribution in [1.82, 2.24) is 4.98 Å². The molecule has 74 valence electrons. The summed E-state index contributed by atoms with van der Waals surface area (Å²) < 4.78 is 31.0. The molecule has 1 aromatic carbocycles. The van der Waals surface area contributed by atoms with Gasteiger partial charge in [0.2, 0.25) is 0 Å². The molecule has 0 aliphatic heterocycles. The molecular weight excluding hydrogens is 324 g/mol. The summed E-state index contributed by atoms with van der Waals surface area (Å²) in [6, 6.07) is 4.98. The van der Waals surface area contributed by atoms with Crippen molar-refractivity contribution in [2.45, 2.75) is 4.83 Å². The first-order valence-electron chi connectivity index (χ1n) is 3.61. The predicted octanol–water partition coefficient (Wildman–Crippen LogP) is 4.03. The third kappa shape index (κ3) is 1.68. The van der Waals surface area contributed by atoms with Gasteiger partial charge in [0.05, 0.1) is 0 Å². The molecule has 0 spiro atoms. The van der Waals surface area contributed by atoms with Crippen LogP contribution >= 0.6 is 31.9 Å². The highest BCUT2D eigenvalue weighted by Gasteiger charge is 2.34. The molecule has 0 saturated heterocycles. The van der Waals surface area contributed by atoms with Gasteiger partial charge in [-0.25, -0.2) is 4.98 Å². The highest BCUT2D eigenvalue weighted by atomic mass is 79.9. The second-order valence-electron chi connectivity index (χ2n) is 2.60. The first-order chi connectivity index (χ1) is 6.48. The molecule has 1 heterocycles. The van der Waals surface area contributed by atoms with E-state index < -0.39 is 10.7 Å². The van der Waals surface area contributed by atoms with Gasteiger partial charge in [-0.2, -0.15) is 8.78 Å². The Bertz CT molecular complexity index is 478. The standard InChI is InChI=1S/C8H3Br2F2NO/c9-4-2-1-3-5-6(4)13-7(14-5)8(10,11)12/h1-3H. The maximum atomic E-state index is 12.8. The van der Waals surface area contributed by atoms with Crippen molar-refractivity contribution in [1.29, 1.82) is 0 Å². The second-order valence-corrected chi connectivity index (χ2v) is 4.45. The summed E-state index contributed by atoms with van der Waals surface area (Å²) in [5, 5.41) is 0. The van der Waals surface area contributed by atoms with Crippen LogP contribution in [-0.2, 0) is 4.83 Å². The largest absolute Gasteiger partial charge is 0.434 e. The number of hydrogen-bond donors (Lipinski definition) is 0. The monoisotopic (exact) mass is 325 g/mol. The number of hydrogen-bond acceptors (Lipinski definition) is 2. The lowest BCUT2D eigenvalue weighted by Crippen LogP contribution is -2.01. The number of fused-ring (bicyclic) bond motifs is 1. The van der Waals surface area contributed by atoms with Gasteiger partial charge in [-0.05, 0) is 28.1 Å². The minimum Gasteiger partial charge on any atom is -0.434 e. The number of para-hydroxylation sites is 1. The van der Waals surface area contributed by atoms with Crippen LogP contribution < -0.4 is 0 Å². The molecule has 0 radical (unpaired) electrons. The van der Waals surface area contributed by atoms with Crippen LogP contribution in [0.5, 0.6) is 0 Å². The van der Waals surface area contributed by atoms with E-state index in [9.17, 15) is 8.78 Å². The van der Waals surface area contributed by atoms with Crippen LogP contribution in [0.25, 0.3) is 11.1 Å². The van der Waals surface area contributed by atoms with E-state index in [1.165, 1.54) is 0 Å². The Morgan fingerprint density at radius 1 is 1.36 bits per heavy atom. The summed E-state index contributed by atoms with van der Waals surface area (Å²) in [6.07, 6.45) is 0. The molecule has 2 nitrogen and oxygen atoms in total. The lowest BCUT2D eigenvalue weighted by Gasteiger charge is -1.99. The van der Waals surface area contributed by atoms with E-state index in [-0.39, 0.29) is 0 Å². The first kappa shape index (κ1) is 10.0. The Morgan fingerprint density at radius 3 is 2.64 bits per heavy atom. The third-order valence-electron chi connectivity index (χ3n) is 1.61. The molecule has 1 aromatic heterocycles. The van der Waals surface area contributed by atoms with E-state index in [4.69, 9.17) is 4.42 Å². The van der Waals surface area contributed by atoms with Crippen LogP contribution in [0, 0.1) is 0 Å². The summed E-state index contributed by atoms with van der Waals surface area (Å²) in [4.78, 5) is 0.442. The quantitative estimate of drug-likeness (QED) is 0.739. The fourth-order valence-electron chi connectivity index (χ4n) is 1.04. The molecule has 0 saturated carbocycles. The Morgan fingerprint density at radius 2 is 2.07 bits per heavy atom. The minimum absolute atomic E-state index is 0.327. The molecule has 0 amide bonds. The Labute approximate surface area is 94.6 Å². The Hall–Kier alpha value is -0.490. The fraction of sp³-hybridized carbons (Fsp3) is 0.125. The van der Waals surface area contributed by atoms with Gasteiger partial charge in [0.15, 0.2) is 5.58 Å². The van der Waals surface area contributed by atoms with Gasteiger partial charge >= 0.3 is 4.83 Å². The van der Waals surface area contributed by atoms with E-state index in [1.54, 1.807) is 18.2 Å². The van der Waals surface area contributed by atoms with Gasteiger partial charge in [0.1, 0.15) is 5.52 Å². The number of alkyl halides is 3. The van der Waals surface area contributed by atoms with Crippen molar-refractivity contribution in [2.75, 3.05) is 0 Å². The van der Waals surface area contributed by atoms with Crippen LogP contribution in [-0.4, -0.2) is 4.98 Å². The molecule has 0 atom stereocenters. The van der Waals surface area contributed by atoms with Gasteiger partial charge in [0.25, 0.3) is 5.89 Å². The van der Waals surface area contributed by atoms with Crippen LogP contribution in [0.4, 0.5) is 8.78 Å². The average Bonchev–Trinajstić information content (AvgIpc) is 2.48. The molecule has 0 aliphatic rings. The highest BCUT2D eigenvalue weighted by Crippen LogP contribution is 2.36. The molecule has 0 N–H and O–H groups in total. The molecular formula is C8H3Br2F2NO. The molecule has 6 heteroatoms. The van der Waals surface area contributed by atoms with E-state index in [0.717, 1.165) is 0 Å². The van der Waals surface area contributed by atoms with Crippen LogP contribution in [0.15, 0.2) is 27.1 Å². The zero-order chi connectivity index (χ0) is 10.3. The molecule has 2 aromatic rings. The Kier molecular flexibility index (Phi) is 2.35. The first-order valence-corrected chi connectivity index (χ1v) is 5.19.